The highest BCUT2D eigenvalue weighted by Crippen LogP contribution is 2.32. The lowest BCUT2D eigenvalue weighted by Gasteiger charge is -2.21. The Bertz CT molecular complexity index is 1320. The summed E-state index contributed by atoms with van der Waals surface area (Å²) in [5, 5.41) is 9.11. The summed E-state index contributed by atoms with van der Waals surface area (Å²) in [6.07, 6.45) is 4.27. The third-order valence-corrected chi connectivity index (χ3v) is 5.95. The first-order chi connectivity index (χ1) is 15.9. The van der Waals surface area contributed by atoms with E-state index in [1.54, 1.807) is 24.8 Å². The summed E-state index contributed by atoms with van der Waals surface area (Å²) in [6.45, 7) is 0.458. The first-order valence-corrected chi connectivity index (χ1v) is 10.8. The number of benzene rings is 2. The number of nitrogens with two attached hydrogens (primary N) is 1. The third-order valence-electron chi connectivity index (χ3n) is 5.95. The minimum Gasteiger partial charge on any atom is -0.380 e. The average Bonchev–Trinajstić information content (AvgIpc) is 2.82. The highest BCUT2D eigenvalue weighted by molar-refractivity contribution is 5.81. The minimum atomic E-state index is -0.650. The van der Waals surface area contributed by atoms with Crippen molar-refractivity contribution in [3.63, 3.8) is 0 Å². The van der Waals surface area contributed by atoms with Gasteiger partial charge in [-0.2, -0.15) is 5.26 Å². The molecule has 3 aromatic rings. The summed E-state index contributed by atoms with van der Waals surface area (Å²) in [7, 11) is 3.32. The standard InChI is InChI=1S/C26H25FN4O2/c1-31-25(18-9-11-21(29)12-10-18)30-24(19-7-8-20(14-28)22(27)13-19)23(26(31)32)17-5-3-16(4-6-17)15-33-2/h3-9,13,21H,10-12,15,29H2,1-2H3. The lowest BCUT2D eigenvalue weighted by molar-refractivity contribution is 0.185. The van der Waals surface area contributed by atoms with Crippen molar-refractivity contribution in [2.24, 2.45) is 12.8 Å². The first-order valence-electron chi connectivity index (χ1n) is 10.8. The van der Waals surface area contributed by atoms with Gasteiger partial charge in [-0.3, -0.25) is 9.36 Å². The molecule has 168 valence electrons. The van der Waals surface area contributed by atoms with Crippen LogP contribution in [0.2, 0.25) is 0 Å². The third kappa shape index (κ3) is 4.49. The van der Waals surface area contributed by atoms with E-state index in [2.05, 4.69) is 0 Å². The fraction of sp³-hybridized carbons (Fsp3) is 0.269. The van der Waals surface area contributed by atoms with Gasteiger partial charge >= 0.3 is 0 Å². The summed E-state index contributed by atoms with van der Waals surface area (Å²) >= 11 is 0. The van der Waals surface area contributed by atoms with Crippen molar-refractivity contribution in [3.8, 4) is 28.5 Å². The second-order valence-corrected chi connectivity index (χ2v) is 8.22. The quantitative estimate of drug-likeness (QED) is 0.638. The summed E-state index contributed by atoms with van der Waals surface area (Å²) in [5.74, 6) is -0.102. The van der Waals surface area contributed by atoms with Gasteiger partial charge in [0, 0.05) is 25.8 Å². The molecule has 1 atom stereocenters. The minimum absolute atomic E-state index is 0.0581. The molecule has 2 aromatic carbocycles. The molecule has 0 fully saturated rings. The van der Waals surface area contributed by atoms with Crippen LogP contribution in [-0.2, 0) is 18.4 Å². The molecule has 0 radical (unpaired) electrons. The van der Waals surface area contributed by atoms with E-state index >= 15 is 0 Å². The Kier molecular flexibility index (Phi) is 6.50. The van der Waals surface area contributed by atoms with Crippen LogP contribution in [0.5, 0.6) is 0 Å². The Labute approximate surface area is 191 Å². The topological polar surface area (TPSA) is 93.9 Å². The van der Waals surface area contributed by atoms with Crippen LogP contribution < -0.4 is 11.3 Å². The summed E-state index contributed by atoms with van der Waals surface area (Å²) in [4.78, 5) is 18.5. The number of halogens is 1. The largest absolute Gasteiger partial charge is 0.380 e. The molecule has 1 aliphatic carbocycles. The van der Waals surface area contributed by atoms with Crippen molar-refractivity contribution < 1.29 is 9.13 Å². The Morgan fingerprint density at radius 2 is 1.97 bits per heavy atom. The molecule has 0 spiro atoms. The zero-order valence-electron chi connectivity index (χ0n) is 18.6. The molecule has 0 aliphatic heterocycles. The Balaban J connectivity index is 1.95. The number of nitriles is 1. The highest BCUT2D eigenvalue weighted by atomic mass is 19.1. The lowest BCUT2D eigenvalue weighted by atomic mass is 9.94. The smallest absolute Gasteiger partial charge is 0.262 e. The molecular weight excluding hydrogens is 419 g/mol. The summed E-state index contributed by atoms with van der Waals surface area (Å²) in [6, 6.07) is 13.7. The summed E-state index contributed by atoms with van der Waals surface area (Å²) < 4.78 is 21.2. The Hall–Kier alpha value is -3.60. The maximum absolute atomic E-state index is 14.5. The van der Waals surface area contributed by atoms with Crippen LogP contribution in [0, 0.1) is 17.1 Å². The van der Waals surface area contributed by atoms with Gasteiger partial charge in [-0.1, -0.05) is 36.4 Å². The van der Waals surface area contributed by atoms with Crippen molar-refractivity contribution in [2.75, 3.05) is 7.11 Å². The van der Waals surface area contributed by atoms with Gasteiger partial charge in [0.15, 0.2) is 0 Å². The molecule has 1 aliphatic rings. The monoisotopic (exact) mass is 444 g/mol. The SMILES string of the molecule is COCc1ccc(-c2c(-c3ccc(C#N)c(F)c3)nc(C3=CCC(N)CC3)n(C)c2=O)cc1. The van der Waals surface area contributed by atoms with Gasteiger partial charge in [-0.05, 0) is 48.1 Å². The maximum Gasteiger partial charge on any atom is 0.262 e. The second-order valence-electron chi connectivity index (χ2n) is 8.22. The molecule has 0 bridgehead atoms. The van der Waals surface area contributed by atoms with E-state index in [9.17, 15) is 9.18 Å². The number of ether oxygens (including phenoxy) is 1. The predicted molar refractivity (Wildman–Crippen MR) is 126 cm³/mol. The van der Waals surface area contributed by atoms with Crippen LogP contribution in [-0.4, -0.2) is 22.7 Å². The van der Waals surface area contributed by atoms with Crippen molar-refractivity contribution in [2.45, 2.75) is 31.9 Å². The highest BCUT2D eigenvalue weighted by Gasteiger charge is 2.22. The zero-order valence-corrected chi connectivity index (χ0v) is 18.6. The zero-order chi connectivity index (χ0) is 23.5. The fourth-order valence-corrected chi connectivity index (χ4v) is 4.10. The van der Waals surface area contributed by atoms with Gasteiger partial charge in [0.2, 0.25) is 0 Å². The van der Waals surface area contributed by atoms with E-state index in [0.717, 1.165) is 24.0 Å². The average molecular weight is 445 g/mol. The van der Waals surface area contributed by atoms with E-state index in [4.69, 9.17) is 20.7 Å². The lowest BCUT2D eigenvalue weighted by Crippen LogP contribution is -2.27. The number of nitrogens with zero attached hydrogens (tertiary/aromatic N) is 3. The van der Waals surface area contributed by atoms with Crippen LogP contribution in [0.15, 0.2) is 53.3 Å². The molecule has 0 amide bonds. The van der Waals surface area contributed by atoms with Crippen molar-refractivity contribution in [1.82, 2.24) is 9.55 Å². The van der Waals surface area contributed by atoms with Crippen LogP contribution in [0.1, 0.15) is 36.2 Å². The van der Waals surface area contributed by atoms with Gasteiger partial charge in [-0.15, -0.1) is 0 Å². The van der Waals surface area contributed by atoms with Crippen molar-refractivity contribution in [1.29, 1.82) is 5.26 Å². The predicted octanol–water partition coefficient (Wildman–Crippen LogP) is 4.17. The molecule has 6 nitrogen and oxygen atoms in total. The number of hydrogen-bond donors (Lipinski definition) is 1. The first kappa shape index (κ1) is 22.6. The Morgan fingerprint density at radius 1 is 1.24 bits per heavy atom. The normalized spacial score (nSPS) is 15.7. The molecule has 2 N–H and O–H groups in total. The molecule has 4 rings (SSSR count). The maximum atomic E-state index is 14.5. The molecule has 7 heteroatoms. The number of methoxy groups -OCH3 is 1. The Morgan fingerprint density at radius 3 is 2.58 bits per heavy atom. The van der Waals surface area contributed by atoms with Crippen molar-refractivity contribution >= 4 is 5.57 Å². The molecule has 1 heterocycles. The molecule has 1 aromatic heterocycles. The van der Waals surface area contributed by atoms with E-state index < -0.39 is 5.82 Å². The summed E-state index contributed by atoms with van der Waals surface area (Å²) in [5.41, 5.74) is 9.54. The van der Waals surface area contributed by atoms with Crippen LogP contribution >= 0.6 is 0 Å². The number of hydrogen-bond acceptors (Lipinski definition) is 5. The number of allylic oxidation sites excluding steroid dienone is 1. The number of rotatable bonds is 5. The van der Waals surface area contributed by atoms with Crippen LogP contribution in [0.4, 0.5) is 4.39 Å². The molecule has 0 saturated heterocycles. The van der Waals surface area contributed by atoms with Gasteiger partial charge in [0.05, 0.1) is 23.4 Å². The van der Waals surface area contributed by atoms with Crippen LogP contribution in [0.25, 0.3) is 28.0 Å². The molecule has 1 unspecified atom stereocenters. The number of aromatic nitrogens is 2. The van der Waals surface area contributed by atoms with E-state index in [1.165, 1.54) is 12.1 Å². The van der Waals surface area contributed by atoms with E-state index in [1.807, 2.05) is 36.4 Å². The van der Waals surface area contributed by atoms with E-state index in [-0.39, 0.29) is 17.2 Å². The molecule has 0 saturated carbocycles. The van der Waals surface area contributed by atoms with Gasteiger partial charge in [0.1, 0.15) is 17.7 Å². The second kappa shape index (κ2) is 9.49. The van der Waals surface area contributed by atoms with Crippen molar-refractivity contribution in [3.05, 3.63) is 81.7 Å². The molecular formula is C26H25FN4O2. The fourth-order valence-electron chi connectivity index (χ4n) is 4.10. The van der Waals surface area contributed by atoms with Gasteiger partial charge < -0.3 is 10.5 Å². The van der Waals surface area contributed by atoms with Crippen LogP contribution in [0.3, 0.4) is 0 Å². The van der Waals surface area contributed by atoms with Gasteiger partial charge in [0.25, 0.3) is 5.56 Å². The molecule has 33 heavy (non-hydrogen) atoms. The van der Waals surface area contributed by atoms with Gasteiger partial charge in [-0.25, -0.2) is 9.37 Å². The van der Waals surface area contributed by atoms with E-state index in [0.29, 0.717) is 41.2 Å².